The normalized spacial score (nSPS) is 11.4. The molecular formula is C16H19O4P. The predicted octanol–water partition coefficient (Wildman–Crippen LogP) is 4.21. The Morgan fingerprint density at radius 3 is 2.00 bits per heavy atom. The zero-order chi connectivity index (χ0) is 15.5. The first-order valence-corrected chi connectivity index (χ1v) is 8.10. The molecule has 4 nitrogen and oxygen atoms in total. The van der Waals surface area contributed by atoms with Crippen molar-refractivity contribution in [3.05, 3.63) is 53.6 Å². The van der Waals surface area contributed by atoms with Crippen LogP contribution in [-0.4, -0.2) is 14.2 Å². The maximum Gasteiger partial charge on any atom is 0.361 e. The molecule has 0 aliphatic carbocycles. The van der Waals surface area contributed by atoms with Gasteiger partial charge in [-0.2, -0.15) is 0 Å². The summed E-state index contributed by atoms with van der Waals surface area (Å²) in [5, 5.41) is 0.511. The van der Waals surface area contributed by atoms with Gasteiger partial charge in [-0.1, -0.05) is 23.8 Å². The maximum absolute atomic E-state index is 12.5. The van der Waals surface area contributed by atoms with E-state index in [1.807, 2.05) is 50.2 Å². The van der Waals surface area contributed by atoms with E-state index in [9.17, 15) is 4.57 Å². The van der Waals surface area contributed by atoms with Gasteiger partial charge in [0.2, 0.25) is 0 Å². The summed E-state index contributed by atoms with van der Waals surface area (Å²) in [6, 6.07) is 13.1. The van der Waals surface area contributed by atoms with Crippen molar-refractivity contribution in [2.75, 3.05) is 14.2 Å². The fraction of sp³-hybridized carbons (Fsp3) is 0.250. The lowest BCUT2D eigenvalue weighted by atomic mass is 10.2. The third-order valence-corrected chi connectivity index (χ3v) is 5.25. The second-order valence-corrected chi connectivity index (χ2v) is 6.93. The van der Waals surface area contributed by atoms with Crippen LogP contribution in [0.4, 0.5) is 0 Å². The van der Waals surface area contributed by atoms with Crippen LogP contribution in [0.25, 0.3) is 0 Å². The third-order valence-electron chi connectivity index (χ3n) is 3.21. The van der Waals surface area contributed by atoms with Crippen molar-refractivity contribution in [3.63, 3.8) is 0 Å². The van der Waals surface area contributed by atoms with Crippen LogP contribution >= 0.6 is 7.60 Å². The minimum atomic E-state index is -3.29. The van der Waals surface area contributed by atoms with Gasteiger partial charge in [-0.05, 0) is 43.7 Å². The summed E-state index contributed by atoms with van der Waals surface area (Å²) in [6.45, 7) is 3.87. The number of hydrogen-bond acceptors (Lipinski definition) is 4. The Labute approximate surface area is 125 Å². The van der Waals surface area contributed by atoms with E-state index in [1.54, 1.807) is 6.07 Å². The van der Waals surface area contributed by atoms with E-state index in [0.29, 0.717) is 11.1 Å². The molecule has 0 spiro atoms. The summed E-state index contributed by atoms with van der Waals surface area (Å²) in [4.78, 5) is 0. The highest BCUT2D eigenvalue weighted by molar-refractivity contribution is 7.62. The Morgan fingerprint density at radius 1 is 0.857 bits per heavy atom. The second kappa shape index (κ2) is 6.44. The molecule has 2 rings (SSSR count). The molecule has 0 N–H and O–H groups in total. The van der Waals surface area contributed by atoms with Gasteiger partial charge in [-0.25, -0.2) is 0 Å². The highest BCUT2D eigenvalue weighted by Crippen LogP contribution is 2.46. The first kappa shape index (κ1) is 15.8. The molecule has 2 aromatic rings. The van der Waals surface area contributed by atoms with Crippen LogP contribution in [0.5, 0.6) is 11.5 Å². The largest absolute Gasteiger partial charge is 0.457 e. The second-order valence-electron chi connectivity index (χ2n) is 4.73. The molecule has 0 unspecified atom stereocenters. The monoisotopic (exact) mass is 306 g/mol. The molecule has 0 aliphatic heterocycles. The molecule has 0 aliphatic rings. The fourth-order valence-corrected chi connectivity index (χ4v) is 3.30. The first-order chi connectivity index (χ1) is 9.98. The molecule has 0 aromatic heterocycles. The van der Waals surface area contributed by atoms with Gasteiger partial charge < -0.3 is 13.8 Å². The highest BCUT2D eigenvalue weighted by Gasteiger charge is 2.27. The van der Waals surface area contributed by atoms with Crippen LogP contribution < -0.4 is 10.0 Å². The average molecular weight is 306 g/mol. The van der Waals surface area contributed by atoms with E-state index in [4.69, 9.17) is 13.8 Å². The van der Waals surface area contributed by atoms with Crippen molar-refractivity contribution >= 4 is 12.9 Å². The Hall–Kier alpha value is -1.61. The van der Waals surface area contributed by atoms with Crippen LogP contribution in [0, 0.1) is 13.8 Å². The fourth-order valence-electron chi connectivity index (χ4n) is 1.96. The van der Waals surface area contributed by atoms with Gasteiger partial charge in [-0.15, -0.1) is 0 Å². The standard InChI is InChI=1S/C16H19O4P/c1-12-5-8-14(9-6-12)20-15-10-7-13(2)16(11-15)21(17,18-3)19-4/h5-11H,1-4H3. The van der Waals surface area contributed by atoms with E-state index in [2.05, 4.69) is 0 Å². The molecule has 0 saturated heterocycles. The summed E-state index contributed by atoms with van der Waals surface area (Å²) in [5.74, 6) is 1.31. The lowest BCUT2D eigenvalue weighted by Gasteiger charge is -2.17. The van der Waals surface area contributed by atoms with Gasteiger partial charge in [-0.3, -0.25) is 4.57 Å². The molecule has 112 valence electrons. The minimum Gasteiger partial charge on any atom is -0.457 e. The molecule has 0 radical (unpaired) electrons. The van der Waals surface area contributed by atoms with Crippen LogP contribution in [0.15, 0.2) is 42.5 Å². The van der Waals surface area contributed by atoms with E-state index in [0.717, 1.165) is 16.9 Å². The molecule has 0 bridgehead atoms. The van der Waals surface area contributed by atoms with Gasteiger partial charge in [0.05, 0.1) is 5.30 Å². The molecule has 21 heavy (non-hydrogen) atoms. The lowest BCUT2D eigenvalue weighted by molar-refractivity contribution is 0.287. The molecule has 0 amide bonds. The van der Waals surface area contributed by atoms with Gasteiger partial charge in [0.25, 0.3) is 0 Å². The van der Waals surface area contributed by atoms with Crippen LogP contribution in [0.1, 0.15) is 11.1 Å². The van der Waals surface area contributed by atoms with E-state index in [1.165, 1.54) is 14.2 Å². The van der Waals surface area contributed by atoms with Crippen molar-refractivity contribution < 1.29 is 18.3 Å². The van der Waals surface area contributed by atoms with Gasteiger partial charge in [0.15, 0.2) is 0 Å². The summed E-state index contributed by atoms with van der Waals surface area (Å²) in [5.41, 5.74) is 1.99. The minimum absolute atomic E-state index is 0.511. The van der Waals surface area contributed by atoms with E-state index < -0.39 is 7.60 Å². The van der Waals surface area contributed by atoms with Crippen molar-refractivity contribution in [1.29, 1.82) is 0 Å². The zero-order valence-electron chi connectivity index (χ0n) is 12.6. The molecule has 2 aromatic carbocycles. The van der Waals surface area contributed by atoms with Crippen LogP contribution in [0.3, 0.4) is 0 Å². The summed E-state index contributed by atoms with van der Waals surface area (Å²) in [6.07, 6.45) is 0. The molecular weight excluding hydrogens is 287 g/mol. The van der Waals surface area contributed by atoms with E-state index >= 15 is 0 Å². The van der Waals surface area contributed by atoms with Gasteiger partial charge in [0, 0.05) is 14.2 Å². The molecule has 0 fully saturated rings. The Bertz CT molecular complexity index is 656. The molecule has 5 heteroatoms. The van der Waals surface area contributed by atoms with Gasteiger partial charge in [0.1, 0.15) is 11.5 Å². The number of hydrogen-bond donors (Lipinski definition) is 0. The van der Waals surface area contributed by atoms with Gasteiger partial charge >= 0.3 is 7.60 Å². The summed E-state index contributed by atoms with van der Waals surface area (Å²) in [7, 11) is -0.546. The third kappa shape index (κ3) is 3.53. The van der Waals surface area contributed by atoms with Crippen LogP contribution in [0.2, 0.25) is 0 Å². The Kier molecular flexibility index (Phi) is 4.84. The topological polar surface area (TPSA) is 44.8 Å². The Balaban J connectivity index is 2.34. The quantitative estimate of drug-likeness (QED) is 0.776. The smallest absolute Gasteiger partial charge is 0.361 e. The molecule has 0 heterocycles. The number of aryl methyl sites for hydroxylation is 2. The van der Waals surface area contributed by atoms with E-state index in [-0.39, 0.29) is 0 Å². The van der Waals surface area contributed by atoms with Crippen molar-refractivity contribution in [2.24, 2.45) is 0 Å². The lowest BCUT2D eigenvalue weighted by Crippen LogP contribution is -2.11. The molecule has 0 saturated carbocycles. The maximum atomic E-state index is 12.5. The number of ether oxygens (including phenoxy) is 1. The predicted molar refractivity (Wildman–Crippen MR) is 83.7 cm³/mol. The highest BCUT2D eigenvalue weighted by atomic mass is 31.2. The first-order valence-electron chi connectivity index (χ1n) is 6.56. The van der Waals surface area contributed by atoms with Crippen molar-refractivity contribution in [2.45, 2.75) is 13.8 Å². The Morgan fingerprint density at radius 2 is 1.43 bits per heavy atom. The summed E-state index contributed by atoms with van der Waals surface area (Å²) >= 11 is 0. The molecule has 0 atom stereocenters. The SMILES string of the molecule is COP(=O)(OC)c1cc(Oc2ccc(C)cc2)ccc1C. The average Bonchev–Trinajstić information content (AvgIpc) is 2.50. The van der Waals surface area contributed by atoms with Crippen molar-refractivity contribution in [3.8, 4) is 11.5 Å². The number of rotatable bonds is 5. The van der Waals surface area contributed by atoms with Crippen molar-refractivity contribution in [1.82, 2.24) is 0 Å². The number of benzene rings is 2. The zero-order valence-corrected chi connectivity index (χ0v) is 13.5. The van der Waals surface area contributed by atoms with Crippen LogP contribution in [-0.2, 0) is 13.6 Å². The summed E-state index contributed by atoms with van der Waals surface area (Å²) < 4.78 is 28.4.